The summed E-state index contributed by atoms with van der Waals surface area (Å²) in [7, 11) is 0. The topological polar surface area (TPSA) is 87.2 Å². The maximum atomic E-state index is 11.9. The van der Waals surface area contributed by atoms with Crippen LogP contribution < -0.4 is 10.7 Å². The van der Waals surface area contributed by atoms with Gasteiger partial charge in [-0.2, -0.15) is 0 Å². The number of carboxylic acids is 1. The first-order valence-corrected chi connectivity index (χ1v) is 9.70. The molecule has 0 radical (unpaired) electrons. The highest BCUT2D eigenvalue weighted by Crippen LogP contribution is 2.33. The molecule has 0 saturated heterocycles. The van der Waals surface area contributed by atoms with Crippen LogP contribution in [0.15, 0.2) is 70.4 Å². The number of benzene rings is 2. The standard InChI is InChI=1S/C20H15N3O3S2/c24-18-16(11-17-21-13-8-4-5-9-14(13)22-17)28-20(27)23(18)15(19(25)26)10-12-6-2-1-3-7-12/h1-9,11,15,24H,10H2,(H,25,26)/t15-/m0/s1. The summed E-state index contributed by atoms with van der Waals surface area (Å²) in [5.41, 5.74) is 0.846. The number of thiazole rings is 1. The van der Waals surface area contributed by atoms with E-state index < -0.39 is 12.0 Å². The summed E-state index contributed by atoms with van der Waals surface area (Å²) in [5.74, 6) is -0.808. The van der Waals surface area contributed by atoms with Crippen molar-refractivity contribution in [2.24, 2.45) is 9.98 Å². The Morgan fingerprint density at radius 3 is 2.32 bits per heavy atom. The molecule has 0 fully saturated rings. The van der Waals surface area contributed by atoms with Crippen molar-refractivity contribution < 1.29 is 15.0 Å². The van der Waals surface area contributed by atoms with Gasteiger partial charge in [0.2, 0.25) is 5.88 Å². The van der Waals surface area contributed by atoms with Gasteiger partial charge in [0.1, 0.15) is 6.04 Å². The van der Waals surface area contributed by atoms with E-state index in [4.69, 9.17) is 12.2 Å². The number of aromatic nitrogens is 1. The molecule has 0 bridgehead atoms. The summed E-state index contributed by atoms with van der Waals surface area (Å²) in [6.07, 6.45) is 1.83. The molecule has 4 rings (SSSR count). The molecular formula is C20H15N3O3S2. The lowest BCUT2D eigenvalue weighted by Gasteiger charge is -2.15. The molecule has 6 nitrogen and oxygen atoms in total. The van der Waals surface area contributed by atoms with E-state index in [0.717, 1.165) is 27.6 Å². The monoisotopic (exact) mass is 409 g/mol. The second-order valence-electron chi connectivity index (χ2n) is 6.18. The molecule has 0 unspecified atom stereocenters. The average molecular weight is 409 g/mol. The molecular weight excluding hydrogens is 394 g/mol. The third-order valence-corrected chi connectivity index (χ3v) is 5.66. The van der Waals surface area contributed by atoms with Crippen LogP contribution in [-0.4, -0.2) is 20.7 Å². The van der Waals surface area contributed by atoms with Gasteiger partial charge >= 0.3 is 5.97 Å². The van der Waals surface area contributed by atoms with E-state index in [0.29, 0.717) is 10.7 Å². The normalized spacial score (nSPS) is 13.4. The van der Waals surface area contributed by atoms with Gasteiger partial charge in [-0.1, -0.05) is 42.5 Å². The third kappa shape index (κ3) is 3.51. The number of rotatable bonds is 5. The number of para-hydroxylation sites is 2. The molecule has 140 valence electrons. The Morgan fingerprint density at radius 2 is 1.71 bits per heavy atom. The van der Waals surface area contributed by atoms with E-state index in [1.54, 1.807) is 6.08 Å². The molecule has 1 aromatic heterocycles. The van der Waals surface area contributed by atoms with Crippen LogP contribution in [0.2, 0.25) is 0 Å². The van der Waals surface area contributed by atoms with Gasteiger partial charge in [-0.05, 0) is 29.9 Å². The second-order valence-corrected chi connectivity index (χ2v) is 7.86. The van der Waals surface area contributed by atoms with Crippen molar-refractivity contribution in [3.05, 3.63) is 85.5 Å². The van der Waals surface area contributed by atoms with Gasteiger partial charge in [-0.15, -0.1) is 11.3 Å². The lowest BCUT2D eigenvalue weighted by Crippen LogP contribution is -2.21. The quantitative estimate of drug-likeness (QED) is 0.634. The van der Waals surface area contributed by atoms with Gasteiger partial charge in [0.25, 0.3) is 0 Å². The molecule has 2 heterocycles. The SMILES string of the molecule is O=C(O)[C@H](Cc1ccccc1)n1c(O)c(C=C2N=c3ccccc3=N2)sc1=S. The van der Waals surface area contributed by atoms with Crippen molar-refractivity contribution in [1.29, 1.82) is 0 Å². The van der Waals surface area contributed by atoms with Crippen molar-refractivity contribution in [3.63, 3.8) is 0 Å². The number of hydrogen-bond acceptors (Lipinski definition) is 6. The Labute approximate surface area is 169 Å². The van der Waals surface area contributed by atoms with E-state index in [1.165, 1.54) is 4.57 Å². The number of carbonyl (C=O) groups is 1. The van der Waals surface area contributed by atoms with Gasteiger partial charge in [0.05, 0.1) is 15.6 Å². The molecule has 0 spiro atoms. The van der Waals surface area contributed by atoms with Crippen molar-refractivity contribution in [1.82, 2.24) is 4.57 Å². The van der Waals surface area contributed by atoms with Crippen LogP contribution in [0, 0.1) is 3.95 Å². The molecule has 1 aliphatic heterocycles. The Morgan fingerprint density at radius 1 is 1.11 bits per heavy atom. The molecule has 0 aliphatic carbocycles. The third-order valence-electron chi connectivity index (χ3n) is 4.32. The van der Waals surface area contributed by atoms with Gasteiger partial charge in [-0.3, -0.25) is 4.57 Å². The number of fused-ring (bicyclic) bond motifs is 1. The molecule has 2 N–H and O–H groups in total. The summed E-state index contributed by atoms with van der Waals surface area (Å²) in [6, 6.07) is 15.7. The predicted molar refractivity (Wildman–Crippen MR) is 108 cm³/mol. The van der Waals surface area contributed by atoms with Crippen LogP contribution >= 0.6 is 23.6 Å². The minimum Gasteiger partial charge on any atom is -0.493 e. The minimum absolute atomic E-state index is 0.188. The number of nitrogens with zero attached hydrogens (tertiary/aromatic N) is 3. The molecule has 1 aliphatic rings. The average Bonchev–Trinajstić information content (AvgIpc) is 3.21. The van der Waals surface area contributed by atoms with Gasteiger partial charge < -0.3 is 10.2 Å². The fourth-order valence-corrected chi connectivity index (χ4v) is 4.33. The van der Waals surface area contributed by atoms with Gasteiger partial charge in [0.15, 0.2) is 9.78 Å². The summed E-state index contributed by atoms with van der Waals surface area (Å²) >= 11 is 6.48. The smallest absolute Gasteiger partial charge is 0.327 e. The lowest BCUT2D eigenvalue weighted by atomic mass is 10.1. The first-order valence-electron chi connectivity index (χ1n) is 8.48. The summed E-state index contributed by atoms with van der Waals surface area (Å²) in [4.78, 5) is 21.1. The molecule has 1 atom stereocenters. The first-order chi connectivity index (χ1) is 13.5. The zero-order chi connectivity index (χ0) is 19.7. The lowest BCUT2D eigenvalue weighted by molar-refractivity contribution is -0.141. The van der Waals surface area contributed by atoms with E-state index in [-0.39, 0.29) is 16.3 Å². The molecule has 8 heteroatoms. The van der Waals surface area contributed by atoms with Crippen molar-refractivity contribution in [2.45, 2.75) is 12.5 Å². The molecule has 28 heavy (non-hydrogen) atoms. The summed E-state index contributed by atoms with van der Waals surface area (Å²) in [5, 5.41) is 21.9. The summed E-state index contributed by atoms with van der Waals surface area (Å²) in [6.45, 7) is 0. The first kappa shape index (κ1) is 18.3. The van der Waals surface area contributed by atoms with Gasteiger partial charge in [0, 0.05) is 12.5 Å². The van der Waals surface area contributed by atoms with E-state index in [1.807, 2.05) is 54.6 Å². The van der Waals surface area contributed by atoms with Crippen molar-refractivity contribution in [2.75, 3.05) is 0 Å². The Hall–Kier alpha value is -3.10. The number of carboxylic acid groups (broad SMARTS) is 1. The molecule has 0 amide bonds. The molecule has 0 saturated carbocycles. The fraction of sp³-hybridized carbons (Fsp3) is 0.100. The minimum atomic E-state index is -1.06. The van der Waals surface area contributed by atoms with Crippen molar-refractivity contribution >= 4 is 35.6 Å². The number of aliphatic carboxylic acids is 1. The van der Waals surface area contributed by atoms with Crippen molar-refractivity contribution in [3.8, 4) is 5.88 Å². The maximum Gasteiger partial charge on any atom is 0.327 e. The summed E-state index contributed by atoms with van der Waals surface area (Å²) < 4.78 is 1.56. The van der Waals surface area contributed by atoms with Crippen LogP contribution in [0.3, 0.4) is 0 Å². The molecule has 3 aromatic rings. The Kier molecular flexibility index (Phi) is 4.89. The highest BCUT2D eigenvalue weighted by atomic mass is 32.1. The van der Waals surface area contributed by atoms with Crippen LogP contribution in [0.1, 0.15) is 16.5 Å². The van der Waals surface area contributed by atoms with Crippen LogP contribution in [0.4, 0.5) is 0 Å². The number of aromatic hydroxyl groups is 1. The number of hydrogen-bond donors (Lipinski definition) is 2. The zero-order valence-electron chi connectivity index (χ0n) is 14.5. The van der Waals surface area contributed by atoms with Crippen LogP contribution in [0.25, 0.3) is 6.08 Å². The maximum absolute atomic E-state index is 11.9. The van der Waals surface area contributed by atoms with E-state index >= 15 is 0 Å². The van der Waals surface area contributed by atoms with Gasteiger partial charge in [-0.25, -0.2) is 14.8 Å². The largest absolute Gasteiger partial charge is 0.493 e. The highest BCUT2D eigenvalue weighted by Gasteiger charge is 2.26. The zero-order valence-corrected chi connectivity index (χ0v) is 16.2. The highest BCUT2D eigenvalue weighted by molar-refractivity contribution is 7.73. The van der Waals surface area contributed by atoms with E-state index in [2.05, 4.69) is 9.98 Å². The molecule has 2 aromatic carbocycles. The van der Waals surface area contributed by atoms with Crippen LogP contribution in [-0.2, 0) is 11.2 Å². The Bertz CT molecular complexity index is 1220. The Balaban J connectivity index is 1.73. The predicted octanol–water partition coefficient (Wildman–Crippen LogP) is 3.10. The van der Waals surface area contributed by atoms with Crippen LogP contribution in [0.5, 0.6) is 5.88 Å². The fourth-order valence-electron chi connectivity index (χ4n) is 3.00. The second kappa shape index (κ2) is 7.49. The van der Waals surface area contributed by atoms with E-state index in [9.17, 15) is 15.0 Å².